The topological polar surface area (TPSA) is 58.4 Å². The van der Waals surface area contributed by atoms with Gasteiger partial charge in [0.05, 0.1) is 12.2 Å². The third-order valence-electron chi connectivity index (χ3n) is 3.72. The number of hydrogen-bond donors (Lipinski definition) is 2. The monoisotopic (exact) mass is 301 g/mol. The molecule has 1 aromatic rings. The van der Waals surface area contributed by atoms with Gasteiger partial charge in [-0.15, -0.1) is 0 Å². The Hall–Kier alpha value is -1.60. The fraction of sp³-hybridized carbons (Fsp3) is 0.500. The number of hydrogen-bond acceptors (Lipinski definition) is 3. The molecule has 1 fully saturated rings. The van der Waals surface area contributed by atoms with E-state index in [1.807, 2.05) is 4.90 Å². The molecule has 0 aliphatic carbocycles. The van der Waals surface area contributed by atoms with Gasteiger partial charge in [0.15, 0.2) is 17.5 Å². The zero-order valence-electron chi connectivity index (χ0n) is 11.5. The van der Waals surface area contributed by atoms with Gasteiger partial charge in [0, 0.05) is 0 Å². The van der Waals surface area contributed by atoms with Crippen molar-refractivity contribution in [3.63, 3.8) is 0 Å². The quantitative estimate of drug-likeness (QED) is 0.833. The number of carbonyl (C=O) groups excluding carboxylic acids is 1. The van der Waals surface area contributed by atoms with Crippen molar-refractivity contribution < 1.29 is 18.0 Å². The Morgan fingerprint density at radius 2 is 1.90 bits per heavy atom. The summed E-state index contributed by atoms with van der Waals surface area (Å²) < 4.78 is 39.3. The van der Waals surface area contributed by atoms with E-state index in [-0.39, 0.29) is 12.2 Å². The molecule has 116 valence electrons. The molecule has 3 N–H and O–H groups in total. The highest BCUT2D eigenvalue weighted by atomic mass is 19.2. The summed E-state index contributed by atoms with van der Waals surface area (Å²) in [7, 11) is 0. The third-order valence-corrected chi connectivity index (χ3v) is 3.72. The van der Waals surface area contributed by atoms with Gasteiger partial charge in [-0.2, -0.15) is 0 Å². The van der Waals surface area contributed by atoms with E-state index < -0.39 is 23.4 Å². The number of nitrogens with zero attached hydrogens (tertiary/aromatic N) is 1. The number of halogens is 3. The zero-order valence-corrected chi connectivity index (χ0v) is 11.5. The first-order valence-corrected chi connectivity index (χ1v) is 6.87. The summed E-state index contributed by atoms with van der Waals surface area (Å²) in [4.78, 5) is 13.7. The molecule has 1 aliphatic heterocycles. The van der Waals surface area contributed by atoms with Crippen LogP contribution in [0.2, 0.25) is 0 Å². The van der Waals surface area contributed by atoms with Crippen molar-refractivity contribution in [3.8, 4) is 0 Å². The van der Waals surface area contributed by atoms with E-state index in [1.54, 1.807) is 0 Å². The smallest absolute Gasteiger partial charge is 0.238 e. The van der Waals surface area contributed by atoms with E-state index >= 15 is 0 Å². The molecule has 0 aromatic heterocycles. The van der Waals surface area contributed by atoms with Crippen molar-refractivity contribution in [1.29, 1.82) is 0 Å². The largest absolute Gasteiger partial charge is 0.330 e. The molecule has 1 saturated heterocycles. The lowest BCUT2D eigenvalue weighted by Gasteiger charge is -2.30. The van der Waals surface area contributed by atoms with Gasteiger partial charge in [-0.25, -0.2) is 13.2 Å². The summed E-state index contributed by atoms with van der Waals surface area (Å²) in [5.41, 5.74) is 5.24. The Bertz CT molecular complexity index is 516. The predicted molar refractivity (Wildman–Crippen MR) is 73.2 cm³/mol. The minimum absolute atomic E-state index is 0.0930. The number of anilines is 1. The van der Waals surface area contributed by atoms with Gasteiger partial charge in [0.25, 0.3) is 0 Å². The van der Waals surface area contributed by atoms with Crippen LogP contribution in [0.15, 0.2) is 12.1 Å². The Labute approximate surface area is 121 Å². The molecule has 0 saturated carbocycles. The molecule has 0 spiro atoms. The molecular weight excluding hydrogens is 283 g/mol. The molecule has 2 rings (SSSR count). The van der Waals surface area contributed by atoms with Crippen molar-refractivity contribution in [2.24, 2.45) is 11.7 Å². The number of rotatable bonds is 4. The van der Waals surface area contributed by atoms with Crippen molar-refractivity contribution >= 4 is 11.6 Å². The molecule has 1 heterocycles. The van der Waals surface area contributed by atoms with Crippen LogP contribution in [0.25, 0.3) is 0 Å². The first-order valence-electron chi connectivity index (χ1n) is 6.87. The Morgan fingerprint density at radius 1 is 1.24 bits per heavy atom. The number of amides is 1. The fourth-order valence-electron chi connectivity index (χ4n) is 2.40. The number of nitrogens with two attached hydrogens (primary N) is 1. The predicted octanol–water partition coefficient (Wildman–Crippen LogP) is 1.71. The lowest BCUT2D eigenvalue weighted by atomic mass is 9.97. The number of benzene rings is 1. The Balaban J connectivity index is 1.89. The highest BCUT2D eigenvalue weighted by Gasteiger charge is 2.21. The summed E-state index contributed by atoms with van der Waals surface area (Å²) in [6.07, 6.45) is 1.84. The molecule has 0 radical (unpaired) electrons. The van der Waals surface area contributed by atoms with Crippen LogP contribution in [0.5, 0.6) is 0 Å². The standard InChI is InChI=1S/C14H18F3N3O/c15-10-1-2-11(14(17)13(10)16)19-12(21)8-20-5-3-9(7-18)4-6-20/h1-2,9H,3-8,18H2,(H,19,21). The number of nitrogens with one attached hydrogen (secondary N) is 1. The van der Waals surface area contributed by atoms with Crippen LogP contribution in [0.1, 0.15) is 12.8 Å². The first kappa shape index (κ1) is 15.8. The fourth-order valence-corrected chi connectivity index (χ4v) is 2.40. The highest BCUT2D eigenvalue weighted by Crippen LogP contribution is 2.20. The maximum absolute atomic E-state index is 13.4. The minimum Gasteiger partial charge on any atom is -0.330 e. The maximum Gasteiger partial charge on any atom is 0.238 e. The van der Waals surface area contributed by atoms with Crippen LogP contribution in [0.4, 0.5) is 18.9 Å². The second kappa shape index (κ2) is 6.91. The van der Waals surface area contributed by atoms with Crippen LogP contribution in [-0.4, -0.2) is 37.0 Å². The number of piperidine rings is 1. The van der Waals surface area contributed by atoms with Crippen molar-refractivity contribution in [3.05, 3.63) is 29.6 Å². The third kappa shape index (κ3) is 3.95. The van der Waals surface area contributed by atoms with Gasteiger partial charge in [0.2, 0.25) is 5.91 Å². The van der Waals surface area contributed by atoms with E-state index in [9.17, 15) is 18.0 Å². The summed E-state index contributed by atoms with van der Waals surface area (Å²) in [5, 5.41) is 2.26. The van der Waals surface area contributed by atoms with Crippen LogP contribution in [-0.2, 0) is 4.79 Å². The van der Waals surface area contributed by atoms with Gasteiger partial charge in [-0.05, 0) is 50.5 Å². The average molecular weight is 301 g/mol. The second-order valence-electron chi connectivity index (χ2n) is 5.23. The highest BCUT2D eigenvalue weighted by molar-refractivity contribution is 5.92. The second-order valence-corrected chi connectivity index (χ2v) is 5.23. The van der Waals surface area contributed by atoms with Gasteiger partial charge < -0.3 is 11.1 Å². The molecule has 0 atom stereocenters. The molecule has 4 nitrogen and oxygen atoms in total. The lowest BCUT2D eigenvalue weighted by molar-refractivity contribution is -0.117. The van der Waals surface area contributed by atoms with Gasteiger partial charge >= 0.3 is 0 Å². The zero-order chi connectivity index (χ0) is 15.4. The molecule has 1 aromatic carbocycles. The van der Waals surface area contributed by atoms with Crippen molar-refractivity contribution in [2.45, 2.75) is 12.8 Å². The van der Waals surface area contributed by atoms with Crippen LogP contribution < -0.4 is 11.1 Å². The molecule has 21 heavy (non-hydrogen) atoms. The first-order chi connectivity index (χ1) is 10.0. The van der Waals surface area contributed by atoms with E-state index in [0.717, 1.165) is 38.1 Å². The Kier molecular flexibility index (Phi) is 5.19. The normalized spacial score (nSPS) is 17.0. The van der Waals surface area contributed by atoms with E-state index in [2.05, 4.69) is 5.32 Å². The van der Waals surface area contributed by atoms with E-state index in [0.29, 0.717) is 12.5 Å². The summed E-state index contributed by atoms with van der Waals surface area (Å²) >= 11 is 0. The van der Waals surface area contributed by atoms with Crippen molar-refractivity contribution in [2.75, 3.05) is 31.5 Å². The van der Waals surface area contributed by atoms with Gasteiger partial charge in [-0.1, -0.05) is 0 Å². The number of likely N-dealkylation sites (tertiary alicyclic amines) is 1. The molecular formula is C14H18F3N3O. The van der Waals surface area contributed by atoms with Crippen LogP contribution >= 0.6 is 0 Å². The molecule has 0 unspecified atom stereocenters. The van der Waals surface area contributed by atoms with Crippen LogP contribution in [0, 0.1) is 23.4 Å². The van der Waals surface area contributed by atoms with Crippen LogP contribution in [0.3, 0.4) is 0 Å². The summed E-state index contributed by atoms with van der Waals surface area (Å²) in [5.74, 6) is -4.23. The molecule has 0 bridgehead atoms. The van der Waals surface area contributed by atoms with E-state index in [1.165, 1.54) is 0 Å². The van der Waals surface area contributed by atoms with E-state index in [4.69, 9.17) is 5.73 Å². The summed E-state index contributed by atoms with van der Waals surface area (Å²) in [6.45, 7) is 2.22. The SMILES string of the molecule is NCC1CCN(CC(=O)Nc2ccc(F)c(F)c2F)CC1. The Morgan fingerprint density at radius 3 is 2.52 bits per heavy atom. The minimum atomic E-state index is -1.59. The molecule has 7 heteroatoms. The van der Waals surface area contributed by atoms with Gasteiger partial charge in [0.1, 0.15) is 0 Å². The maximum atomic E-state index is 13.4. The lowest BCUT2D eigenvalue weighted by Crippen LogP contribution is -2.40. The number of carbonyl (C=O) groups is 1. The van der Waals surface area contributed by atoms with Gasteiger partial charge in [-0.3, -0.25) is 9.69 Å². The average Bonchev–Trinajstić information content (AvgIpc) is 2.49. The van der Waals surface area contributed by atoms with Crippen molar-refractivity contribution in [1.82, 2.24) is 4.90 Å². The molecule has 1 amide bonds. The summed E-state index contributed by atoms with van der Waals surface area (Å²) in [6, 6.07) is 1.78. The molecule has 1 aliphatic rings.